The molecule has 0 unspecified atom stereocenters. The standard InChI is InChI=1S/C19H18OSi/c1-21(18-13-7-3-8-14-18,19-15-9-4-10-16-19)20-17-11-5-2-6-12-17/h2-16H,1H3. The van der Waals surface area contributed by atoms with Crippen molar-refractivity contribution in [3.63, 3.8) is 0 Å². The molecule has 0 N–H and O–H groups in total. The van der Waals surface area contributed by atoms with E-state index in [4.69, 9.17) is 4.43 Å². The van der Waals surface area contributed by atoms with Crippen LogP contribution in [0, 0.1) is 0 Å². The zero-order chi connectivity index (χ0) is 14.5. The second-order valence-electron chi connectivity index (χ2n) is 5.18. The van der Waals surface area contributed by atoms with Gasteiger partial charge < -0.3 is 4.43 Å². The van der Waals surface area contributed by atoms with Crippen LogP contribution in [0.15, 0.2) is 91.0 Å². The topological polar surface area (TPSA) is 9.23 Å². The van der Waals surface area contributed by atoms with Gasteiger partial charge in [0, 0.05) is 0 Å². The first-order valence-corrected chi connectivity index (χ1v) is 9.55. The molecule has 0 bridgehead atoms. The summed E-state index contributed by atoms with van der Waals surface area (Å²) in [7, 11) is -2.24. The molecule has 0 aliphatic rings. The summed E-state index contributed by atoms with van der Waals surface area (Å²) in [6.07, 6.45) is 0. The highest BCUT2D eigenvalue weighted by Gasteiger charge is 2.35. The van der Waals surface area contributed by atoms with Gasteiger partial charge in [-0.05, 0) is 29.1 Å². The van der Waals surface area contributed by atoms with Gasteiger partial charge in [0.25, 0.3) is 0 Å². The largest absolute Gasteiger partial charge is 0.535 e. The van der Waals surface area contributed by atoms with E-state index in [0.29, 0.717) is 0 Å². The Kier molecular flexibility index (Phi) is 3.89. The van der Waals surface area contributed by atoms with E-state index in [0.717, 1.165) is 5.75 Å². The fraction of sp³-hybridized carbons (Fsp3) is 0.0526. The quantitative estimate of drug-likeness (QED) is 0.669. The lowest BCUT2D eigenvalue weighted by molar-refractivity contribution is 0.571. The van der Waals surface area contributed by atoms with Crippen LogP contribution in [0.1, 0.15) is 0 Å². The van der Waals surface area contributed by atoms with Gasteiger partial charge in [0.2, 0.25) is 0 Å². The maximum Gasteiger partial charge on any atom is 0.311 e. The molecule has 3 aromatic carbocycles. The van der Waals surface area contributed by atoms with Gasteiger partial charge in [0.1, 0.15) is 5.75 Å². The lowest BCUT2D eigenvalue weighted by Crippen LogP contribution is -2.60. The molecule has 0 heterocycles. The zero-order valence-corrected chi connectivity index (χ0v) is 13.1. The molecule has 0 radical (unpaired) electrons. The average molecular weight is 290 g/mol. The van der Waals surface area contributed by atoms with Crippen LogP contribution in [0.3, 0.4) is 0 Å². The minimum Gasteiger partial charge on any atom is -0.535 e. The second kappa shape index (κ2) is 5.98. The Hall–Kier alpha value is -2.32. The van der Waals surface area contributed by atoms with Crippen molar-refractivity contribution >= 4 is 18.7 Å². The lowest BCUT2D eigenvalue weighted by Gasteiger charge is -2.29. The molecule has 104 valence electrons. The Bertz CT molecular complexity index is 641. The molecule has 0 spiro atoms. The molecule has 3 rings (SSSR count). The minimum atomic E-state index is -2.24. The van der Waals surface area contributed by atoms with Crippen molar-refractivity contribution in [2.75, 3.05) is 0 Å². The Labute approximate surface area is 127 Å². The first kappa shape index (κ1) is 13.7. The van der Waals surface area contributed by atoms with Gasteiger partial charge in [-0.3, -0.25) is 0 Å². The van der Waals surface area contributed by atoms with Crippen LogP contribution in [0.2, 0.25) is 6.55 Å². The molecular formula is C19H18OSi. The van der Waals surface area contributed by atoms with Crippen molar-refractivity contribution in [3.05, 3.63) is 91.0 Å². The SMILES string of the molecule is C[Si](Oc1ccccc1)(c1ccccc1)c1ccccc1. The molecule has 0 aliphatic carbocycles. The first-order chi connectivity index (χ1) is 10.3. The molecule has 0 aromatic heterocycles. The Morgan fingerprint density at radius 1 is 0.571 bits per heavy atom. The third-order valence-electron chi connectivity index (χ3n) is 3.71. The number of hydrogen-bond donors (Lipinski definition) is 0. The molecule has 0 amide bonds. The number of hydrogen-bond acceptors (Lipinski definition) is 1. The van der Waals surface area contributed by atoms with E-state index in [2.05, 4.69) is 55.1 Å². The van der Waals surface area contributed by atoms with Gasteiger partial charge in [-0.25, -0.2) is 0 Å². The third kappa shape index (κ3) is 2.90. The summed E-state index contributed by atoms with van der Waals surface area (Å²) in [5.74, 6) is 0.930. The summed E-state index contributed by atoms with van der Waals surface area (Å²) in [6, 6.07) is 31.2. The highest BCUT2D eigenvalue weighted by molar-refractivity contribution is 6.97. The van der Waals surface area contributed by atoms with Crippen LogP contribution in [0.5, 0.6) is 5.75 Å². The van der Waals surface area contributed by atoms with Crippen molar-refractivity contribution in [1.29, 1.82) is 0 Å². The molecule has 0 fully saturated rings. The monoisotopic (exact) mass is 290 g/mol. The highest BCUT2D eigenvalue weighted by atomic mass is 28.4. The molecule has 0 atom stereocenters. The molecule has 3 aromatic rings. The van der Waals surface area contributed by atoms with Gasteiger partial charge in [-0.2, -0.15) is 0 Å². The summed E-state index contributed by atoms with van der Waals surface area (Å²) >= 11 is 0. The van der Waals surface area contributed by atoms with Crippen LogP contribution >= 0.6 is 0 Å². The predicted molar refractivity (Wildman–Crippen MR) is 90.8 cm³/mol. The van der Waals surface area contributed by atoms with Crippen LogP contribution in [0.4, 0.5) is 0 Å². The lowest BCUT2D eigenvalue weighted by atomic mass is 10.3. The summed E-state index contributed by atoms with van der Waals surface area (Å²) in [4.78, 5) is 0. The molecule has 21 heavy (non-hydrogen) atoms. The number of para-hydroxylation sites is 1. The summed E-state index contributed by atoms with van der Waals surface area (Å²) in [6.45, 7) is 2.25. The summed E-state index contributed by atoms with van der Waals surface area (Å²) < 4.78 is 6.51. The second-order valence-corrected chi connectivity index (χ2v) is 8.61. The van der Waals surface area contributed by atoms with Crippen molar-refractivity contribution in [2.45, 2.75) is 6.55 Å². The molecule has 0 aliphatic heterocycles. The predicted octanol–water partition coefficient (Wildman–Crippen LogP) is 3.46. The van der Waals surface area contributed by atoms with Crippen molar-refractivity contribution in [3.8, 4) is 5.75 Å². The Morgan fingerprint density at radius 2 is 0.952 bits per heavy atom. The normalized spacial score (nSPS) is 11.1. The maximum absolute atomic E-state index is 6.51. The molecular weight excluding hydrogens is 272 g/mol. The van der Waals surface area contributed by atoms with Crippen molar-refractivity contribution in [1.82, 2.24) is 0 Å². The van der Waals surface area contributed by atoms with Crippen molar-refractivity contribution in [2.24, 2.45) is 0 Å². The van der Waals surface area contributed by atoms with Gasteiger partial charge in [0.05, 0.1) is 0 Å². The van der Waals surface area contributed by atoms with E-state index in [-0.39, 0.29) is 0 Å². The molecule has 0 saturated carbocycles. The first-order valence-electron chi connectivity index (χ1n) is 7.14. The van der Waals surface area contributed by atoms with E-state index in [1.54, 1.807) is 0 Å². The van der Waals surface area contributed by atoms with E-state index < -0.39 is 8.32 Å². The van der Waals surface area contributed by atoms with Gasteiger partial charge >= 0.3 is 8.32 Å². The fourth-order valence-corrected chi connectivity index (χ4v) is 5.35. The maximum atomic E-state index is 6.51. The van der Waals surface area contributed by atoms with E-state index >= 15 is 0 Å². The van der Waals surface area contributed by atoms with Gasteiger partial charge in [0.15, 0.2) is 0 Å². The number of benzene rings is 3. The summed E-state index contributed by atoms with van der Waals surface area (Å²) in [5, 5.41) is 2.56. The van der Waals surface area contributed by atoms with Crippen LogP contribution in [-0.2, 0) is 0 Å². The van der Waals surface area contributed by atoms with Gasteiger partial charge in [-0.15, -0.1) is 0 Å². The smallest absolute Gasteiger partial charge is 0.311 e. The van der Waals surface area contributed by atoms with E-state index in [1.165, 1.54) is 10.4 Å². The van der Waals surface area contributed by atoms with Gasteiger partial charge in [-0.1, -0.05) is 78.9 Å². The van der Waals surface area contributed by atoms with Crippen LogP contribution in [-0.4, -0.2) is 8.32 Å². The number of rotatable bonds is 4. The van der Waals surface area contributed by atoms with Crippen LogP contribution in [0.25, 0.3) is 0 Å². The minimum absolute atomic E-state index is 0.930. The highest BCUT2D eigenvalue weighted by Crippen LogP contribution is 2.16. The summed E-state index contributed by atoms with van der Waals surface area (Å²) in [5.41, 5.74) is 0. The molecule has 1 nitrogen and oxygen atoms in total. The zero-order valence-electron chi connectivity index (χ0n) is 12.1. The molecule has 0 saturated heterocycles. The Morgan fingerprint density at radius 3 is 1.38 bits per heavy atom. The third-order valence-corrected chi connectivity index (χ3v) is 7.23. The van der Waals surface area contributed by atoms with E-state index in [9.17, 15) is 0 Å². The Balaban J connectivity index is 2.07. The fourth-order valence-electron chi connectivity index (χ4n) is 2.52. The average Bonchev–Trinajstić information content (AvgIpc) is 2.57. The van der Waals surface area contributed by atoms with Crippen LogP contribution < -0.4 is 14.8 Å². The molecule has 2 heteroatoms. The van der Waals surface area contributed by atoms with E-state index in [1.807, 2.05) is 42.5 Å². The van der Waals surface area contributed by atoms with Crippen molar-refractivity contribution < 1.29 is 4.43 Å².